The van der Waals surface area contributed by atoms with Crippen LogP contribution in [0.1, 0.15) is 5.82 Å². The zero-order chi connectivity index (χ0) is 10.8. The van der Waals surface area contributed by atoms with Gasteiger partial charge >= 0.3 is 0 Å². The monoisotopic (exact) mass is 214 g/mol. The van der Waals surface area contributed by atoms with Crippen molar-refractivity contribution in [3.8, 4) is 11.4 Å². The van der Waals surface area contributed by atoms with Crippen molar-refractivity contribution in [2.24, 2.45) is 0 Å². The molecule has 1 aromatic heterocycles. The van der Waals surface area contributed by atoms with Crippen LogP contribution in [0.5, 0.6) is 0 Å². The molecular formula is C12H14N4. The second-order valence-electron chi connectivity index (χ2n) is 3.94. The van der Waals surface area contributed by atoms with Crippen molar-refractivity contribution >= 4 is 0 Å². The minimum atomic E-state index is 0.845. The first-order chi connectivity index (χ1) is 7.93. The Bertz CT molecular complexity index is 452. The fourth-order valence-corrected chi connectivity index (χ4v) is 1.96. The predicted molar refractivity (Wildman–Crippen MR) is 62.0 cm³/mol. The van der Waals surface area contributed by atoms with Gasteiger partial charge in [-0.05, 0) is 0 Å². The number of aromatic nitrogens is 3. The minimum Gasteiger partial charge on any atom is -0.314 e. The van der Waals surface area contributed by atoms with Crippen molar-refractivity contribution in [1.29, 1.82) is 0 Å². The molecule has 0 amide bonds. The molecule has 0 saturated heterocycles. The van der Waals surface area contributed by atoms with Crippen molar-refractivity contribution in [2.45, 2.75) is 13.0 Å². The molecule has 1 aromatic carbocycles. The minimum absolute atomic E-state index is 0.845. The van der Waals surface area contributed by atoms with E-state index in [1.54, 1.807) is 0 Å². The predicted octanol–water partition coefficient (Wildman–Crippen LogP) is 1.09. The Morgan fingerprint density at radius 3 is 2.88 bits per heavy atom. The summed E-state index contributed by atoms with van der Waals surface area (Å²) in [4.78, 5) is 4.59. The maximum absolute atomic E-state index is 4.59. The van der Waals surface area contributed by atoms with Gasteiger partial charge in [0, 0.05) is 25.1 Å². The molecule has 3 rings (SSSR count). The van der Waals surface area contributed by atoms with E-state index in [9.17, 15) is 0 Å². The fraction of sp³-hybridized carbons (Fsp3) is 0.333. The first kappa shape index (κ1) is 9.54. The average molecular weight is 214 g/mol. The van der Waals surface area contributed by atoms with Gasteiger partial charge in [0.15, 0.2) is 5.82 Å². The third kappa shape index (κ3) is 1.72. The van der Waals surface area contributed by atoms with E-state index in [0.717, 1.165) is 43.3 Å². The second kappa shape index (κ2) is 4.06. The smallest absolute Gasteiger partial charge is 0.181 e. The van der Waals surface area contributed by atoms with E-state index < -0.39 is 0 Å². The molecule has 1 N–H and O–H groups in total. The van der Waals surface area contributed by atoms with E-state index in [1.807, 2.05) is 35.0 Å². The number of nitrogens with zero attached hydrogens (tertiary/aromatic N) is 3. The van der Waals surface area contributed by atoms with Crippen LogP contribution in [0.4, 0.5) is 0 Å². The Balaban J connectivity index is 1.98. The summed E-state index contributed by atoms with van der Waals surface area (Å²) in [6.07, 6.45) is 0.958. The number of hydrogen-bond donors (Lipinski definition) is 1. The Kier molecular flexibility index (Phi) is 2.42. The summed E-state index contributed by atoms with van der Waals surface area (Å²) in [7, 11) is 0. The molecule has 0 unspecified atom stereocenters. The van der Waals surface area contributed by atoms with E-state index in [-0.39, 0.29) is 0 Å². The lowest BCUT2D eigenvalue weighted by Crippen LogP contribution is -2.17. The second-order valence-corrected chi connectivity index (χ2v) is 3.94. The Hall–Kier alpha value is -1.68. The lowest BCUT2D eigenvalue weighted by molar-refractivity contribution is 0.589. The van der Waals surface area contributed by atoms with E-state index in [1.165, 1.54) is 0 Å². The Morgan fingerprint density at radius 1 is 1.12 bits per heavy atom. The van der Waals surface area contributed by atoms with Gasteiger partial charge in [0.05, 0.1) is 6.54 Å². The van der Waals surface area contributed by atoms with Gasteiger partial charge in [-0.15, -0.1) is 0 Å². The molecule has 0 spiro atoms. The summed E-state index contributed by atoms with van der Waals surface area (Å²) >= 11 is 0. The maximum atomic E-state index is 4.59. The molecule has 2 aromatic rings. The highest BCUT2D eigenvalue weighted by molar-refractivity contribution is 5.53. The third-order valence-electron chi connectivity index (χ3n) is 2.81. The van der Waals surface area contributed by atoms with E-state index in [0.29, 0.717) is 0 Å². The topological polar surface area (TPSA) is 42.7 Å². The van der Waals surface area contributed by atoms with Gasteiger partial charge in [-0.1, -0.05) is 30.3 Å². The molecule has 0 fully saturated rings. The average Bonchev–Trinajstić information content (AvgIpc) is 2.62. The van der Waals surface area contributed by atoms with Crippen molar-refractivity contribution in [3.63, 3.8) is 0 Å². The lowest BCUT2D eigenvalue weighted by atomic mass is 10.2. The summed E-state index contributed by atoms with van der Waals surface area (Å²) in [5.41, 5.74) is 1.09. The molecule has 0 radical (unpaired) electrons. The summed E-state index contributed by atoms with van der Waals surface area (Å²) < 4.78 is 2.02. The van der Waals surface area contributed by atoms with Crippen molar-refractivity contribution in [2.75, 3.05) is 13.1 Å². The van der Waals surface area contributed by atoms with Crippen LogP contribution in [0.3, 0.4) is 0 Å². The molecule has 16 heavy (non-hydrogen) atoms. The molecule has 0 aliphatic carbocycles. The number of hydrogen-bond acceptors (Lipinski definition) is 3. The first-order valence-electron chi connectivity index (χ1n) is 5.63. The molecule has 82 valence electrons. The van der Waals surface area contributed by atoms with Crippen molar-refractivity contribution < 1.29 is 0 Å². The van der Waals surface area contributed by atoms with Gasteiger partial charge in [0.1, 0.15) is 5.82 Å². The van der Waals surface area contributed by atoms with E-state index in [4.69, 9.17) is 0 Å². The zero-order valence-corrected chi connectivity index (χ0v) is 9.06. The van der Waals surface area contributed by atoms with Crippen LogP contribution in [0.15, 0.2) is 30.3 Å². The van der Waals surface area contributed by atoms with Crippen LogP contribution < -0.4 is 5.32 Å². The van der Waals surface area contributed by atoms with Gasteiger partial charge in [-0.2, -0.15) is 5.10 Å². The number of nitrogens with one attached hydrogen (secondary N) is 1. The summed E-state index contributed by atoms with van der Waals surface area (Å²) in [6, 6.07) is 10.1. The lowest BCUT2D eigenvalue weighted by Gasteiger charge is -1.97. The molecule has 4 heteroatoms. The molecule has 1 aliphatic rings. The van der Waals surface area contributed by atoms with Gasteiger partial charge < -0.3 is 5.32 Å². The van der Waals surface area contributed by atoms with Gasteiger partial charge in [0.25, 0.3) is 0 Å². The molecule has 0 atom stereocenters. The summed E-state index contributed by atoms with van der Waals surface area (Å²) in [5.74, 6) is 1.93. The van der Waals surface area contributed by atoms with Crippen LogP contribution in [-0.2, 0) is 13.0 Å². The van der Waals surface area contributed by atoms with Gasteiger partial charge in [0.2, 0.25) is 0 Å². The highest BCUT2D eigenvalue weighted by Gasteiger charge is 2.12. The Morgan fingerprint density at radius 2 is 2.00 bits per heavy atom. The Labute approximate surface area is 94.3 Å². The number of benzene rings is 1. The molecule has 4 nitrogen and oxygen atoms in total. The molecule has 0 bridgehead atoms. The molecule has 2 heterocycles. The van der Waals surface area contributed by atoms with Crippen LogP contribution in [0.25, 0.3) is 11.4 Å². The summed E-state index contributed by atoms with van der Waals surface area (Å²) in [6.45, 7) is 2.88. The van der Waals surface area contributed by atoms with Crippen LogP contribution in [-0.4, -0.2) is 27.9 Å². The highest BCUT2D eigenvalue weighted by Crippen LogP contribution is 2.15. The standard InChI is InChI=1S/C12H14N4/c1-2-4-10(5-3-1)12-14-11-6-7-13-8-9-16(11)15-12/h1-5,13H,6-9H2. The highest BCUT2D eigenvalue weighted by atomic mass is 15.4. The summed E-state index contributed by atoms with van der Waals surface area (Å²) in [5, 5.41) is 7.89. The van der Waals surface area contributed by atoms with Gasteiger partial charge in [-0.3, -0.25) is 0 Å². The SMILES string of the molecule is c1ccc(-c2nc3n(n2)CCNCC3)cc1. The fourth-order valence-electron chi connectivity index (χ4n) is 1.96. The molecule has 0 saturated carbocycles. The van der Waals surface area contributed by atoms with E-state index in [2.05, 4.69) is 15.4 Å². The van der Waals surface area contributed by atoms with E-state index >= 15 is 0 Å². The van der Waals surface area contributed by atoms with Crippen molar-refractivity contribution in [1.82, 2.24) is 20.1 Å². The number of fused-ring (bicyclic) bond motifs is 1. The quantitative estimate of drug-likeness (QED) is 0.772. The molecule has 1 aliphatic heterocycles. The molecular weight excluding hydrogens is 200 g/mol. The van der Waals surface area contributed by atoms with Crippen LogP contribution in [0, 0.1) is 0 Å². The van der Waals surface area contributed by atoms with Crippen LogP contribution in [0.2, 0.25) is 0 Å². The van der Waals surface area contributed by atoms with Crippen LogP contribution >= 0.6 is 0 Å². The normalized spacial score (nSPS) is 15.5. The maximum Gasteiger partial charge on any atom is 0.181 e. The van der Waals surface area contributed by atoms with Crippen molar-refractivity contribution in [3.05, 3.63) is 36.2 Å². The third-order valence-corrected chi connectivity index (χ3v) is 2.81. The first-order valence-corrected chi connectivity index (χ1v) is 5.63. The largest absolute Gasteiger partial charge is 0.314 e. The van der Waals surface area contributed by atoms with Gasteiger partial charge in [-0.25, -0.2) is 9.67 Å². The zero-order valence-electron chi connectivity index (χ0n) is 9.06. The number of rotatable bonds is 1.